The lowest BCUT2D eigenvalue weighted by Crippen LogP contribution is -2.24. The highest BCUT2D eigenvalue weighted by Crippen LogP contribution is 2.37. The molecule has 184 valence electrons. The zero-order valence-electron chi connectivity index (χ0n) is 19.6. The van der Waals surface area contributed by atoms with Crippen LogP contribution in [0.3, 0.4) is 0 Å². The largest absolute Gasteiger partial charge is 0.394 e. The van der Waals surface area contributed by atoms with Gasteiger partial charge in [0.1, 0.15) is 18.2 Å². The van der Waals surface area contributed by atoms with E-state index in [1.165, 1.54) is 26.9 Å². The monoisotopic (exact) mass is 493 g/mol. The minimum absolute atomic E-state index is 0.0433. The van der Waals surface area contributed by atoms with Crippen LogP contribution in [0.15, 0.2) is 59.4 Å². The Morgan fingerprint density at radius 2 is 1.76 bits per heavy atom. The Labute approximate surface area is 209 Å². The maximum atomic E-state index is 12.6. The average molecular weight is 494 g/mol. The number of nitrogens with zero attached hydrogens (tertiary/aromatic N) is 3. The van der Waals surface area contributed by atoms with Crippen LogP contribution in [0.4, 0.5) is 5.95 Å². The first-order valence-electron chi connectivity index (χ1n) is 12.1. The van der Waals surface area contributed by atoms with E-state index in [1.54, 1.807) is 4.57 Å². The first-order chi connectivity index (χ1) is 18.0. The average Bonchev–Trinajstić information content (AvgIpc) is 3.45. The van der Waals surface area contributed by atoms with Gasteiger partial charge in [-0.15, -0.1) is 0 Å². The van der Waals surface area contributed by atoms with E-state index in [0.29, 0.717) is 5.82 Å². The molecule has 3 heterocycles. The van der Waals surface area contributed by atoms with Crippen molar-refractivity contribution in [3.63, 3.8) is 0 Å². The van der Waals surface area contributed by atoms with Crippen LogP contribution in [0, 0.1) is 0 Å². The summed E-state index contributed by atoms with van der Waals surface area (Å²) < 4.78 is 7.55. The topological polar surface area (TPSA) is 139 Å². The van der Waals surface area contributed by atoms with Gasteiger partial charge in [-0.25, -0.2) is 4.98 Å². The Morgan fingerprint density at radius 3 is 2.51 bits per heavy atom. The quantitative estimate of drug-likeness (QED) is 0.276. The highest BCUT2D eigenvalue weighted by Gasteiger charge is 2.36. The minimum atomic E-state index is -0.860. The van der Waals surface area contributed by atoms with Crippen LogP contribution in [-0.2, 0) is 4.74 Å². The molecule has 1 fully saturated rings. The third kappa shape index (κ3) is 3.32. The van der Waals surface area contributed by atoms with Gasteiger partial charge in [0, 0.05) is 6.42 Å². The number of imidazole rings is 1. The van der Waals surface area contributed by atoms with Gasteiger partial charge in [0.05, 0.1) is 12.7 Å². The summed E-state index contributed by atoms with van der Waals surface area (Å²) >= 11 is 0. The van der Waals surface area contributed by atoms with Crippen molar-refractivity contribution in [2.24, 2.45) is 0 Å². The number of anilines is 1. The Kier molecular flexibility index (Phi) is 4.80. The lowest BCUT2D eigenvalue weighted by atomic mass is 9.92. The zero-order chi connectivity index (χ0) is 25.3. The molecule has 0 spiro atoms. The first-order valence-corrected chi connectivity index (χ1v) is 12.1. The normalized spacial score (nSPS) is 20.4. The van der Waals surface area contributed by atoms with E-state index in [0.717, 1.165) is 10.9 Å². The van der Waals surface area contributed by atoms with Crippen LogP contribution >= 0.6 is 0 Å². The van der Waals surface area contributed by atoms with Crippen LogP contribution in [0.5, 0.6) is 0 Å². The van der Waals surface area contributed by atoms with E-state index in [4.69, 9.17) is 10.5 Å². The molecule has 0 bridgehead atoms. The molecule has 9 heteroatoms. The zero-order valence-corrected chi connectivity index (χ0v) is 19.6. The number of rotatable bonds is 4. The number of aromatic nitrogens is 4. The molecule has 2 aromatic heterocycles. The second-order valence-electron chi connectivity index (χ2n) is 9.42. The van der Waals surface area contributed by atoms with Gasteiger partial charge in [-0.3, -0.25) is 14.3 Å². The molecule has 5 N–H and O–H groups in total. The maximum Gasteiger partial charge on any atom is 0.280 e. The molecular formula is C28H23N5O4. The van der Waals surface area contributed by atoms with Crippen molar-refractivity contribution in [1.82, 2.24) is 19.5 Å². The molecule has 1 aliphatic rings. The second-order valence-corrected chi connectivity index (χ2v) is 9.42. The molecule has 9 nitrogen and oxygen atoms in total. The van der Waals surface area contributed by atoms with Crippen LogP contribution in [0.2, 0.25) is 0 Å². The van der Waals surface area contributed by atoms with E-state index < -0.39 is 24.0 Å². The summed E-state index contributed by atoms with van der Waals surface area (Å²) in [6.07, 6.45) is 1.70. The molecule has 0 aliphatic carbocycles. The summed E-state index contributed by atoms with van der Waals surface area (Å²) in [5, 5.41) is 27.0. The number of nitrogens with one attached hydrogen (secondary N) is 1. The molecular weight excluding hydrogens is 470 g/mol. The maximum absolute atomic E-state index is 12.6. The van der Waals surface area contributed by atoms with E-state index >= 15 is 0 Å². The van der Waals surface area contributed by atoms with Gasteiger partial charge in [0.15, 0.2) is 11.2 Å². The summed E-state index contributed by atoms with van der Waals surface area (Å²) in [7, 11) is 0. The number of H-pyrrole nitrogens is 1. The molecule has 1 saturated heterocycles. The number of aromatic amines is 1. The fourth-order valence-electron chi connectivity index (χ4n) is 5.52. The molecule has 7 rings (SSSR count). The van der Waals surface area contributed by atoms with Gasteiger partial charge in [-0.05, 0) is 44.0 Å². The minimum Gasteiger partial charge on any atom is -0.394 e. The number of fused-ring (bicyclic) bond motifs is 1. The molecule has 0 unspecified atom stereocenters. The van der Waals surface area contributed by atoms with E-state index in [-0.39, 0.29) is 30.1 Å². The lowest BCUT2D eigenvalue weighted by Gasteiger charge is -2.16. The number of hydrogen-bond donors (Lipinski definition) is 4. The van der Waals surface area contributed by atoms with Crippen LogP contribution < -0.4 is 11.3 Å². The molecule has 1 aliphatic heterocycles. The van der Waals surface area contributed by atoms with Gasteiger partial charge in [-0.1, -0.05) is 60.7 Å². The fraction of sp³-hybridized carbons (Fsp3) is 0.179. The van der Waals surface area contributed by atoms with E-state index in [9.17, 15) is 15.0 Å². The van der Waals surface area contributed by atoms with Crippen LogP contribution in [-0.4, -0.2) is 48.5 Å². The number of aliphatic hydroxyl groups is 2. The smallest absolute Gasteiger partial charge is 0.280 e. The first kappa shape index (κ1) is 21.9. The Bertz CT molecular complexity index is 1890. The molecule has 37 heavy (non-hydrogen) atoms. The summed E-state index contributed by atoms with van der Waals surface area (Å²) in [4.78, 5) is 23.9. The Hall–Kier alpha value is -4.31. The molecule has 0 saturated carbocycles. The van der Waals surface area contributed by atoms with Gasteiger partial charge in [0.2, 0.25) is 5.95 Å². The van der Waals surface area contributed by atoms with Crippen molar-refractivity contribution in [3.8, 4) is 0 Å². The summed E-state index contributed by atoms with van der Waals surface area (Å²) in [6.45, 7) is -0.325. The number of aliphatic hydroxyl groups excluding tert-OH is 2. The number of nitrogen functional groups attached to an aromatic ring is 1. The second kappa shape index (κ2) is 8.10. The number of benzene rings is 4. The third-order valence-electron chi connectivity index (χ3n) is 7.24. The molecule has 0 amide bonds. The van der Waals surface area contributed by atoms with Gasteiger partial charge in [0.25, 0.3) is 5.56 Å². The van der Waals surface area contributed by atoms with Crippen molar-refractivity contribution in [2.45, 2.75) is 24.9 Å². The number of nitrogens with two attached hydrogens (primary N) is 1. The predicted octanol–water partition coefficient (Wildman–Crippen LogP) is 3.41. The fourth-order valence-corrected chi connectivity index (χ4v) is 5.52. The van der Waals surface area contributed by atoms with Crippen LogP contribution in [0.25, 0.3) is 55.6 Å². The summed E-state index contributed by atoms with van der Waals surface area (Å²) in [5.41, 5.74) is 6.73. The number of hydrogen-bond acceptors (Lipinski definition) is 7. The van der Waals surface area contributed by atoms with Crippen molar-refractivity contribution >= 4 is 61.6 Å². The SMILES string of the molecule is Nc1nc2c(nc(/C=C/c3ccc4ccc5cccc6ccc3c4c56)n2[C@H]2C[C@H](O)[C@@H](CO)O2)c(=O)[nH]1. The standard InChI is InChI=1S/C28H23N5O4/c29-28-31-26-25(27(36)32-28)30-21(33(26)22-12-19(35)20(13-34)37-22)11-9-14-4-5-17-7-6-15-2-1-3-16-8-10-18(14)24(17)23(15)16/h1-11,19-20,22,34-35H,12-13H2,(H3,29,31,32,36)/b11-9+/t19-,20+,22+/m0/s1. The van der Waals surface area contributed by atoms with Gasteiger partial charge < -0.3 is 20.7 Å². The Morgan fingerprint density at radius 1 is 1.03 bits per heavy atom. The predicted molar refractivity (Wildman–Crippen MR) is 143 cm³/mol. The molecule has 3 atom stereocenters. The van der Waals surface area contributed by atoms with Crippen molar-refractivity contribution in [3.05, 3.63) is 76.3 Å². The molecule has 4 aromatic carbocycles. The van der Waals surface area contributed by atoms with Gasteiger partial charge in [-0.2, -0.15) is 4.98 Å². The summed E-state index contributed by atoms with van der Waals surface area (Å²) in [6, 6.07) is 19.0. The van der Waals surface area contributed by atoms with Crippen LogP contribution in [0.1, 0.15) is 24.0 Å². The van der Waals surface area contributed by atoms with Crippen molar-refractivity contribution in [2.75, 3.05) is 12.3 Å². The summed E-state index contributed by atoms with van der Waals surface area (Å²) in [5.74, 6) is 0.387. The van der Waals surface area contributed by atoms with Gasteiger partial charge >= 0.3 is 0 Å². The van der Waals surface area contributed by atoms with Crippen molar-refractivity contribution < 1.29 is 14.9 Å². The molecule has 0 radical (unpaired) electrons. The highest BCUT2D eigenvalue weighted by atomic mass is 16.5. The molecule has 6 aromatic rings. The lowest BCUT2D eigenvalue weighted by molar-refractivity contribution is -0.0433. The highest BCUT2D eigenvalue weighted by molar-refractivity contribution is 6.24. The van der Waals surface area contributed by atoms with E-state index in [1.807, 2.05) is 12.2 Å². The Balaban J connectivity index is 1.41. The number of ether oxygens (including phenoxy) is 1. The third-order valence-corrected chi connectivity index (χ3v) is 7.24. The van der Waals surface area contributed by atoms with Crippen molar-refractivity contribution in [1.29, 1.82) is 0 Å². The van der Waals surface area contributed by atoms with E-state index in [2.05, 4.69) is 69.5 Å².